The quantitative estimate of drug-likeness (QED) is 0.567. The lowest BCUT2D eigenvalue weighted by atomic mass is 10.0. The van der Waals surface area contributed by atoms with Gasteiger partial charge in [0.2, 0.25) is 11.8 Å². The lowest BCUT2D eigenvalue weighted by molar-refractivity contribution is -0.130. The van der Waals surface area contributed by atoms with Gasteiger partial charge in [0.25, 0.3) is 5.91 Å². The molecule has 170 valence electrons. The van der Waals surface area contributed by atoms with Crippen molar-refractivity contribution in [3.63, 3.8) is 0 Å². The summed E-state index contributed by atoms with van der Waals surface area (Å²) in [6.45, 7) is 1.88. The summed E-state index contributed by atoms with van der Waals surface area (Å²) in [5, 5.41) is 6.32. The van der Waals surface area contributed by atoms with Crippen LogP contribution in [-0.4, -0.2) is 48.3 Å². The van der Waals surface area contributed by atoms with Gasteiger partial charge in [0.05, 0.1) is 0 Å². The van der Waals surface area contributed by atoms with Gasteiger partial charge in [-0.25, -0.2) is 0 Å². The summed E-state index contributed by atoms with van der Waals surface area (Å²) in [7, 11) is 0. The van der Waals surface area contributed by atoms with Gasteiger partial charge in [0.1, 0.15) is 6.04 Å². The zero-order valence-corrected chi connectivity index (χ0v) is 18.9. The van der Waals surface area contributed by atoms with Crippen LogP contribution in [0.3, 0.4) is 0 Å². The summed E-state index contributed by atoms with van der Waals surface area (Å²) < 4.78 is 0. The fourth-order valence-electron chi connectivity index (χ4n) is 3.78. The number of amides is 3. The molecular weight excluding hydrogens is 426 g/mol. The Kier molecular flexibility index (Phi) is 9.11. The van der Waals surface area contributed by atoms with Gasteiger partial charge >= 0.3 is 0 Å². The zero-order chi connectivity index (χ0) is 22.8. The third-order valence-electron chi connectivity index (χ3n) is 5.59. The van der Waals surface area contributed by atoms with Crippen LogP contribution in [0.5, 0.6) is 0 Å². The number of nitrogens with one attached hydrogen (secondary N) is 2. The predicted molar refractivity (Wildman–Crippen MR) is 126 cm³/mol. The fourth-order valence-corrected chi connectivity index (χ4v) is 3.91. The van der Waals surface area contributed by atoms with Crippen molar-refractivity contribution in [1.82, 2.24) is 15.5 Å². The maximum Gasteiger partial charge on any atom is 0.251 e. The van der Waals surface area contributed by atoms with Crippen LogP contribution in [0.15, 0.2) is 54.6 Å². The van der Waals surface area contributed by atoms with Crippen molar-refractivity contribution < 1.29 is 14.4 Å². The van der Waals surface area contributed by atoms with E-state index < -0.39 is 6.04 Å². The Balaban J connectivity index is 1.56. The molecule has 1 atom stereocenters. The molecule has 0 radical (unpaired) electrons. The molecule has 2 N–H and O–H groups in total. The number of hydrogen-bond acceptors (Lipinski definition) is 3. The Morgan fingerprint density at radius 3 is 2.50 bits per heavy atom. The molecule has 7 heteroatoms. The van der Waals surface area contributed by atoms with Crippen molar-refractivity contribution in [2.24, 2.45) is 0 Å². The van der Waals surface area contributed by atoms with Crippen LogP contribution in [0.25, 0.3) is 0 Å². The Morgan fingerprint density at radius 1 is 1.00 bits per heavy atom. The first-order valence-electron chi connectivity index (χ1n) is 11.2. The molecule has 0 bridgehead atoms. The van der Waals surface area contributed by atoms with Crippen LogP contribution in [0, 0.1) is 0 Å². The van der Waals surface area contributed by atoms with Crippen LogP contribution in [-0.2, 0) is 16.0 Å². The standard InChI is InChI=1S/C25H30ClN3O3/c26-21-13-11-20(12-14-21)24(31)28-22(18-19-8-3-1-4-9-19)25(32)27-15-7-17-29-16-6-2-5-10-23(29)30/h1,3-4,8-9,11-14,22H,2,5-7,10,15-18H2,(H,27,32)(H,28,31). The third-order valence-corrected chi connectivity index (χ3v) is 5.84. The zero-order valence-electron chi connectivity index (χ0n) is 18.2. The molecule has 1 saturated heterocycles. The first-order chi connectivity index (χ1) is 15.5. The summed E-state index contributed by atoms with van der Waals surface area (Å²) in [5.41, 5.74) is 1.40. The number of likely N-dealkylation sites (tertiary alicyclic amines) is 1. The van der Waals surface area contributed by atoms with E-state index in [0.717, 1.165) is 31.4 Å². The Labute approximate surface area is 194 Å². The number of carbonyl (C=O) groups is 3. The number of carbonyl (C=O) groups excluding carboxylic acids is 3. The molecule has 0 aromatic heterocycles. The van der Waals surface area contributed by atoms with E-state index in [9.17, 15) is 14.4 Å². The second-order valence-corrected chi connectivity index (χ2v) is 8.50. The van der Waals surface area contributed by atoms with Crippen molar-refractivity contribution in [3.8, 4) is 0 Å². The molecule has 2 aromatic rings. The minimum atomic E-state index is -0.708. The maximum atomic E-state index is 12.9. The van der Waals surface area contributed by atoms with E-state index in [1.807, 2.05) is 35.2 Å². The van der Waals surface area contributed by atoms with E-state index in [-0.39, 0.29) is 17.7 Å². The minimum Gasteiger partial charge on any atom is -0.354 e. The maximum absolute atomic E-state index is 12.9. The molecule has 2 aromatic carbocycles. The summed E-state index contributed by atoms with van der Waals surface area (Å²) >= 11 is 5.90. The van der Waals surface area contributed by atoms with E-state index in [4.69, 9.17) is 11.6 Å². The molecule has 0 spiro atoms. The van der Waals surface area contributed by atoms with E-state index in [1.54, 1.807) is 24.3 Å². The monoisotopic (exact) mass is 455 g/mol. The molecule has 0 saturated carbocycles. The van der Waals surface area contributed by atoms with Gasteiger partial charge in [-0.05, 0) is 49.1 Å². The van der Waals surface area contributed by atoms with Crippen LogP contribution in [0.4, 0.5) is 0 Å². The number of rotatable bonds is 9. The number of benzene rings is 2. The van der Waals surface area contributed by atoms with Crippen molar-refractivity contribution in [1.29, 1.82) is 0 Å². The lowest BCUT2D eigenvalue weighted by Gasteiger charge is -2.22. The summed E-state index contributed by atoms with van der Waals surface area (Å²) in [6.07, 6.45) is 4.77. The molecule has 32 heavy (non-hydrogen) atoms. The van der Waals surface area contributed by atoms with E-state index in [1.165, 1.54) is 0 Å². The predicted octanol–water partition coefficient (Wildman–Crippen LogP) is 3.59. The largest absolute Gasteiger partial charge is 0.354 e. The first-order valence-corrected chi connectivity index (χ1v) is 11.6. The second-order valence-electron chi connectivity index (χ2n) is 8.06. The van der Waals surface area contributed by atoms with Crippen molar-refractivity contribution in [2.75, 3.05) is 19.6 Å². The van der Waals surface area contributed by atoms with Crippen LogP contribution < -0.4 is 10.6 Å². The molecule has 1 aliphatic rings. The minimum absolute atomic E-state index is 0.200. The van der Waals surface area contributed by atoms with Crippen molar-refractivity contribution >= 4 is 29.3 Å². The molecule has 0 aliphatic carbocycles. The number of halogens is 1. The normalized spacial score (nSPS) is 15.0. The lowest BCUT2D eigenvalue weighted by Crippen LogP contribution is -2.48. The van der Waals surface area contributed by atoms with Gasteiger partial charge in [0, 0.05) is 43.1 Å². The first kappa shape index (κ1) is 23.8. The van der Waals surface area contributed by atoms with Gasteiger partial charge in [-0.1, -0.05) is 48.4 Å². The summed E-state index contributed by atoms with van der Waals surface area (Å²) in [4.78, 5) is 39.6. The molecule has 1 unspecified atom stereocenters. The number of hydrogen-bond donors (Lipinski definition) is 2. The van der Waals surface area contributed by atoms with Gasteiger partial charge < -0.3 is 15.5 Å². The van der Waals surface area contributed by atoms with E-state index >= 15 is 0 Å². The Morgan fingerprint density at radius 2 is 1.75 bits per heavy atom. The van der Waals surface area contributed by atoms with Gasteiger partial charge in [-0.3, -0.25) is 14.4 Å². The van der Waals surface area contributed by atoms with Crippen molar-refractivity contribution in [2.45, 2.75) is 44.6 Å². The molecule has 6 nitrogen and oxygen atoms in total. The Hall–Kier alpha value is -2.86. The third kappa shape index (κ3) is 7.38. The molecule has 3 amide bonds. The topological polar surface area (TPSA) is 78.5 Å². The van der Waals surface area contributed by atoms with E-state index in [0.29, 0.717) is 42.9 Å². The highest BCUT2D eigenvalue weighted by Gasteiger charge is 2.22. The van der Waals surface area contributed by atoms with Crippen LogP contribution in [0.2, 0.25) is 5.02 Å². The van der Waals surface area contributed by atoms with Gasteiger partial charge in [0.15, 0.2) is 0 Å². The van der Waals surface area contributed by atoms with Crippen LogP contribution >= 0.6 is 11.6 Å². The van der Waals surface area contributed by atoms with Gasteiger partial charge in [-0.15, -0.1) is 0 Å². The van der Waals surface area contributed by atoms with E-state index in [2.05, 4.69) is 10.6 Å². The highest BCUT2D eigenvalue weighted by Crippen LogP contribution is 2.12. The molecule has 1 fully saturated rings. The second kappa shape index (κ2) is 12.2. The summed E-state index contributed by atoms with van der Waals surface area (Å²) in [5.74, 6) is -0.364. The highest BCUT2D eigenvalue weighted by atomic mass is 35.5. The number of nitrogens with zero attached hydrogens (tertiary/aromatic N) is 1. The SMILES string of the molecule is O=C(NC(Cc1ccccc1)C(=O)NCCCN1CCCCCC1=O)c1ccc(Cl)cc1. The highest BCUT2D eigenvalue weighted by molar-refractivity contribution is 6.30. The summed E-state index contributed by atoms with van der Waals surface area (Å²) in [6, 6.07) is 15.4. The molecule has 3 rings (SSSR count). The smallest absolute Gasteiger partial charge is 0.251 e. The molecule has 1 heterocycles. The average Bonchev–Trinajstić information content (AvgIpc) is 3.01. The fraction of sp³-hybridized carbons (Fsp3) is 0.400. The molecular formula is C25H30ClN3O3. The Bertz CT molecular complexity index is 902. The molecule has 1 aliphatic heterocycles. The van der Waals surface area contributed by atoms with Gasteiger partial charge in [-0.2, -0.15) is 0 Å². The van der Waals surface area contributed by atoms with Crippen LogP contribution in [0.1, 0.15) is 48.0 Å². The average molecular weight is 456 g/mol. The van der Waals surface area contributed by atoms with Crippen molar-refractivity contribution in [3.05, 3.63) is 70.7 Å².